The Bertz CT molecular complexity index is 1140. The van der Waals surface area contributed by atoms with Crippen molar-refractivity contribution in [1.29, 1.82) is 0 Å². The van der Waals surface area contributed by atoms with Crippen LogP contribution >= 0.6 is 11.6 Å². The molecule has 1 heterocycles. The molecule has 31 heavy (non-hydrogen) atoms. The van der Waals surface area contributed by atoms with Crippen molar-refractivity contribution < 1.29 is 17.6 Å². The highest BCUT2D eigenvalue weighted by Gasteiger charge is 2.14. The number of nitrogens with zero attached hydrogens (tertiary/aromatic N) is 1. The van der Waals surface area contributed by atoms with E-state index in [0.29, 0.717) is 16.5 Å². The zero-order valence-corrected chi connectivity index (χ0v) is 18.6. The maximum atomic E-state index is 12.3. The molecule has 0 atom stereocenters. The lowest BCUT2D eigenvalue weighted by atomic mass is 10.2. The molecule has 1 N–H and O–H groups in total. The van der Waals surface area contributed by atoms with Crippen LogP contribution in [-0.4, -0.2) is 32.8 Å². The number of rotatable bonds is 9. The van der Waals surface area contributed by atoms with E-state index in [-0.39, 0.29) is 25.4 Å². The molecular formula is C23H23ClN2O4S. The zero-order chi connectivity index (χ0) is 22.3. The summed E-state index contributed by atoms with van der Waals surface area (Å²) in [5.41, 5.74) is 1.67. The highest BCUT2D eigenvalue weighted by atomic mass is 35.5. The second kappa shape index (κ2) is 10.4. The summed E-state index contributed by atoms with van der Waals surface area (Å²) in [6, 6.07) is 20.0. The van der Waals surface area contributed by atoms with Crippen LogP contribution in [0.15, 0.2) is 76.6 Å². The third-order valence-electron chi connectivity index (χ3n) is 4.49. The molecule has 1 aromatic heterocycles. The van der Waals surface area contributed by atoms with Crippen molar-refractivity contribution >= 4 is 33.6 Å². The standard InChI is InChI=1S/C23H23ClN2O4S/c1-26(17-21-11-12-22(30-21)19-7-9-20(24)10-8-19)23(27)13-15-25-31(28,29)16-14-18-5-3-2-4-6-18/h2-12,14,16,25H,13,15,17H2,1H3/b16-14+. The Morgan fingerprint density at radius 1 is 1.06 bits per heavy atom. The summed E-state index contributed by atoms with van der Waals surface area (Å²) < 4.78 is 32.3. The number of furan rings is 1. The van der Waals surface area contributed by atoms with Gasteiger partial charge in [-0.3, -0.25) is 4.79 Å². The van der Waals surface area contributed by atoms with Crippen LogP contribution in [0.5, 0.6) is 0 Å². The van der Waals surface area contributed by atoms with Crippen LogP contribution < -0.4 is 4.72 Å². The van der Waals surface area contributed by atoms with Gasteiger partial charge in [-0.25, -0.2) is 13.1 Å². The highest BCUT2D eigenvalue weighted by Crippen LogP contribution is 2.24. The normalized spacial score (nSPS) is 11.7. The van der Waals surface area contributed by atoms with Crippen molar-refractivity contribution in [3.63, 3.8) is 0 Å². The Hall–Kier alpha value is -2.87. The minimum absolute atomic E-state index is 0.0127. The van der Waals surface area contributed by atoms with Crippen LogP contribution in [0, 0.1) is 0 Å². The van der Waals surface area contributed by atoms with Gasteiger partial charge in [0.15, 0.2) is 0 Å². The topological polar surface area (TPSA) is 79.6 Å². The van der Waals surface area contributed by atoms with Crippen LogP contribution in [0.3, 0.4) is 0 Å². The van der Waals surface area contributed by atoms with E-state index in [2.05, 4.69) is 4.72 Å². The summed E-state index contributed by atoms with van der Waals surface area (Å²) >= 11 is 5.90. The second-order valence-electron chi connectivity index (χ2n) is 6.93. The molecule has 3 aromatic rings. The first-order valence-electron chi connectivity index (χ1n) is 9.64. The van der Waals surface area contributed by atoms with Gasteiger partial charge in [-0.15, -0.1) is 0 Å². The lowest BCUT2D eigenvalue weighted by Crippen LogP contribution is -2.31. The molecule has 0 aliphatic carbocycles. The highest BCUT2D eigenvalue weighted by molar-refractivity contribution is 7.92. The zero-order valence-electron chi connectivity index (χ0n) is 17.0. The van der Waals surface area contributed by atoms with Gasteiger partial charge >= 0.3 is 0 Å². The minimum Gasteiger partial charge on any atom is -0.459 e. The van der Waals surface area contributed by atoms with Crippen LogP contribution in [0.1, 0.15) is 17.7 Å². The summed E-state index contributed by atoms with van der Waals surface area (Å²) in [5.74, 6) is 1.12. The number of hydrogen-bond acceptors (Lipinski definition) is 4. The molecule has 3 rings (SSSR count). The minimum atomic E-state index is -3.62. The van der Waals surface area contributed by atoms with E-state index in [0.717, 1.165) is 16.5 Å². The molecule has 162 valence electrons. The molecule has 0 fully saturated rings. The lowest BCUT2D eigenvalue weighted by Gasteiger charge is -2.15. The molecule has 0 saturated carbocycles. The van der Waals surface area contributed by atoms with E-state index in [9.17, 15) is 13.2 Å². The number of carbonyl (C=O) groups excluding carboxylic acids is 1. The monoisotopic (exact) mass is 458 g/mol. The Morgan fingerprint density at radius 3 is 2.48 bits per heavy atom. The summed E-state index contributed by atoms with van der Waals surface area (Å²) in [7, 11) is -1.97. The smallest absolute Gasteiger partial charge is 0.233 e. The van der Waals surface area contributed by atoms with Gasteiger partial charge in [-0.05, 0) is 48.0 Å². The number of benzene rings is 2. The van der Waals surface area contributed by atoms with Crippen molar-refractivity contribution in [3.05, 3.63) is 88.5 Å². The molecule has 0 unspecified atom stereocenters. The quantitative estimate of drug-likeness (QED) is 0.510. The largest absolute Gasteiger partial charge is 0.459 e. The summed E-state index contributed by atoms with van der Waals surface area (Å²) in [5, 5.41) is 1.74. The molecule has 6 nitrogen and oxygen atoms in total. The molecule has 0 saturated heterocycles. The van der Waals surface area contributed by atoms with Gasteiger partial charge in [0.25, 0.3) is 0 Å². The van der Waals surface area contributed by atoms with Crippen LogP contribution in [0.2, 0.25) is 5.02 Å². The van der Waals surface area contributed by atoms with Crippen molar-refractivity contribution in [2.45, 2.75) is 13.0 Å². The number of hydrogen-bond donors (Lipinski definition) is 1. The first-order valence-corrected chi connectivity index (χ1v) is 11.6. The lowest BCUT2D eigenvalue weighted by molar-refractivity contribution is -0.130. The Morgan fingerprint density at radius 2 is 1.77 bits per heavy atom. The van der Waals surface area contributed by atoms with E-state index in [1.807, 2.05) is 42.5 Å². The molecule has 0 bridgehead atoms. The average Bonchev–Trinajstić information content (AvgIpc) is 3.22. The maximum Gasteiger partial charge on any atom is 0.233 e. The van der Waals surface area contributed by atoms with Crippen LogP contribution in [0.25, 0.3) is 17.4 Å². The van der Waals surface area contributed by atoms with Gasteiger partial charge in [0.2, 0.25) is 15.9 Å². The number of sulfonamides is 1. The first kappa shape index (κ1) is 22.8. The van der Waals surface area contributed by atoms with E-state index < -0.39 is 10.0 Å². The van der Waals surface area contributed by atoms with Gasteiger partial charge in [-0.1, -0.05) is 41.9 Å². The van der Waals surface area contributed by atoms with Gasteiger partial charge in [0, 0.05) is 36.0 Å². The average molecular weight is 459 g/mol. The first-order chi connectivity index (χ1) is 14.8. The van der Waals surface area contributed by atoms with Crippen molar-refractivity contribution in [1.82, 2.24) is 9.62 Å². The van der Waals surface area contributed by atoms with Crippen molar-refractivity contribution in [2.24, 2.45) is 0 Å². The third kappa shape index (κ3) is 7.10. The Labute approximate surface area is 187 Å². The van der Waals surface area contributed by atoms with Crippen LogP contribution in [-0.2, 0) is 21.4 Å². The van der Waals surface area contributed by atoms with Gasteiger partial charge in [-0.2, -0.15) is 0 Å². The van der Waals surface area contributed by atoms with E-state index in [1.54, 1.807) is 31.3 Å². The third-order valence-corrected chi connectivity index (χ3v) is 5.84. The fourth-order valence-electron chi connectivity index (χ4n) is 2.83. The SMILES string of the molecule is CN(Cc1ccc(-c2ccc(Cl)cc2)o1)C(=O)CCNS(=O)(=O)/C=C/c1ccccc1. The molecule has 0 aliphatic rings. The fourth-order valence-corrected chi connectivity index (χ4v) is 3.77. The van der Waals surface area contributed by atoms with Crippen molar-refractivity contribution in [3.8, 4) is 11.3 Å². The number of halogens is 1. The molecule has 1 amide bonds. The predicted molar refractivity (Wildman–Crippen MR) is 123 cm³/mol. The van der Waals surface area contributed by atoms with E-state index >= 15 is 0 Å². The van der Waals surface area contributed by atoms with E-state index in [1.165, 1.54) is 11.0 Å². The van der Waals surface area contributed by atoms with Gasteiger partial charge in [0.1, 0.15) is 11.5 Å². The maximum absolute atomic E-state index is 12.3. The van der Waals surface area contributed by atoms with Crippen LogP contribution in [0.4, 0.5) is 0 Å². The molecule has 0 aliphatic heterocycles. The number of amides is 1. The molecule has 8 heteroatoms. The predicted octanol–water partition coefficient (Wildman–Crippen LogP) is 4.54. The summed E-state index contributed by atoms with van der Waals surface area (Å²) in [6.45, 7) is 0.298. The summed E-state index contributed by atoms with van der Waals surface area (Å²) in [6.07, 6.45) is 1.55. The molecule has 2 aromatic carbocycles. The van der Waals surface area contributed by atoms with Gasteiger partial charge < -0.3 is 9.32 Å². The van der Waals surface area contributed by atoms with E-state index in [4.69, 9.17) is 16.0 Å². The fraction of sp³-hybridized carbons (Fsp3) is 0.174. The molecular weight excluding hydrogens is 436 g/mol. The second-order valence-corrected chi connectivity index (χ2v) is 9.01. The molecule has 0 radical (unpaired) electrons. The number of carbonyl (C=O) groups is 1. The van der Waals surface area contributed by atoms with Gasteiger partial charge in [0.05, 0.1) is 6.54 Å². The number of nitrogens with one attached hydrogen (secondary N) is 1. The van der Waals surface area contributed by atoms with Crippen molar-refractivity contribution in [2.75, 3.05) is 13.6 Å². The Balaban J connectivity index is 1.47. The Kier molecular flexibility index (Phi) is 7.68. The molecule has 0 spiro atoms. The summed E-state index contributed by atoms with van der Waals surface area (Å²) in [4.78, 5) is 13.8.